The third-order valence-electron chi connectivity index (χ3n) is 5.75. The summed E-state index contributed by atoms with van der Waals surface area (Å²) >= 11 is 1.45. The quantitative estimate of drug-likeness (QED) is 0.421. The van der Waals surface area contributed by atoms with E-state index in [0.717, 1.165) is 55.6 Å². The maximum absolute atomic E-state index is 13.0. The molecular formula is C23H25N5OS2. The van der Waals surface area contributed by atoms with E-state index in [2.05, 4.69) is 29.6 Å². The highest BCUT2D eigenvalue weighted by Gasteiger charge is 2.29. The number of pyridine rings is 2. The van der Waals surface area contributed by atoms with Crippen molar-refractivity contribution in [3.8, 4) is 22.5 Å². The number of nitrogens with two attached hydrogens (primary N) is 1. The zero-order valence-electron chi connectivity index (χ0n) is 17.7. The molecule has 160 valence electrons. The predicted octanol–water partition coefficient (Wildman–Crippen LogP) is 5.13. The topological polar surface area (TPSA) is 86.7 Å². The Morgan fingerprint density at radius 1 is 1.32 bits per heavy atom. The van der Waals surface area contributed by atoms with Crippen LogP contribution in [0.15, 0.2) is 41.0 Å². The normalized spacial score (nSPS) is 14.9. The number of nitrogen functional groups attached to an aromatic ring is 1. The van der Waals surface area contributed by atoms with E-state index < -0.39 is 10.8 Å². The van der Waals surface area contributed by atoms with E-state index >= 15 is 0 Å². The van der Waals surface area contributed by atoms with Gasteiger partial charge in [-0.25, -0.2) is 9.97 Å². The second-order valence-electron chi connectivity index (χ2n) is 8.02. The van der Waals surface area contributed by atoms with Crippen molar-refractivity contribution in [3.63, 3.8) is 0 Å². The lowest BCUT2D eigenvalue weighted by Crippen LogP contribution is -2.00. The molecule has 1 fully saturated rings. The predicted molar refractivity (Wildman–Crippen MR) is 128 cm³/mol. The Morgan fingerprint density at radius 2 is 2.16 bits per heavy atom. The van der Waals surface area contributed by atoms with Crippen molar-refractivity contribution in [1.82, 2.24) is 19.5 Å². The zero-order valence-corrected chi connectivity index (χ0v) is 19.3. The number of anilines is 1. The molecule has 0 aromatic carbocycles. The van der Waals surface area contributed by atoms with Gasteiger partial charge in [0.15, 0.2) is 0 Å². The van der Waals surface area contributed by atoms with Crippen LogP contribution in [-0.2, 0) is 17.8 Å². The van der Waals surface area contributed by atoms with Gasteiger partial charge in [0.05, 0.1) is 34.1 Å². The fourth-order valence-corrected chi connectivity index (χ4v) is 6.69. The monoisotopic (exact) mass is 451 g/mol. The lowest BCUT2D eigenvalue weighted by atomic mass is 10.1. The Hall–Kier alpha value is -2.58. The maximum Gasteiger partial charge on any atom is 0.127 e. The van der Waals surface area contributed by atoms with Gasteiger partial charge in [-0.3, -0.25) is 9.19 Å². The van der Waals surface area contributed by atoms with Gasteiger partial charge in [0.1, 0.15) is 14.9 Å². The standard InChI is InChI=1S/C23H25N5OS2/c1-3-4-10-31(29)23-20(24)19-16(18-13-26-21(28(18)2)14-7-8-14)11-17(27-22(19)30-23)15-6-5-9-25-12-15/h5-6,9,11-14H,3-4,7-8,10,24H2,1-2H3/t31-/m1/s1. The first-order chi connectivity index (χ1) is 15.1. The van der Waals surface area contributed by atoms with Crippen LogP contribution < -0.4 is 5.73 Å². The first-order valence-electron chi connectivity index (χ1n) is 10.6. The first-order valence-corrected chi connectivity index (χ1v) is 12.8. The van der Waals surface area contributed by atoms with Gasteiger partial charge in [-0.1, -0.05) is 13.3 Å². The van der Waals surface area contributed by atoms with Crippen molar-refractivity contribution in [1.29, 1.82) is 0 Å². The van der Waals surface area contributed by atoms with E-state index in [9.17, 15) is 4.21 Å². The van der Waals surface area contributed by atoms with Gasteiger partial charge < -0.3 is 10.3 Å². The summed E-state index contributed by atoms with van der Waals surface area (Å²) in [7, 11) is 0.942. The molecule has 1 aliphatic rings. The smallest absolute Gasteiger partial charge is 0.127 e. The molecule has 0 bridgehead atoms. The summed E-state index contributed by atoms with van der Waals surface area (Å²) in [6, 6.07) is 5.97. The van der Waals surface area contributed by atoms with Gasteiger partial charge in [0, 0.05) is 47.6 Å². The summed E-state index contributed by atoms with van der Waals surface area (Å²) in [6.07, 6.45) is 9.80. The maximum atomic E-state index is 13.0. The van der Waals surface area contributed by atoms with E-state index in [1.807, 2.05) is 24.5 Å². The Labute approximate surface area is 188 Å². The molecule has 4 aromatic heterocycles. The molecule has 0 aliphatic heterocycles. The van der Waals surface area contributed by atoms with Gasteiger partial charge in [-0.15, -0.1) is 11.3 Å². The van der Waals surface area contributed by atoms with Gasteiger partial charge >= 0.3 is 0 Å². The largest absolute Gasteiger partial charge is 0.396 e. The number of fused-ring (bicyclic) bond motifs is 1. The Bertz CT molecular complexity index is 1270. The molecule has 1 atom stereocenters. The molecule has 0 radical (unpaired) electrons. The van der Waals surface area contributed by atoms with Gasteiger partial charge in [0.25, 0.3) is 0 Å². The molecule has 4 aromatic rings. The second kappa shape index (κ2) is 8.16. The van der Waals surface area contributed by atoms with Crippen molar-refractivity contribution >= 4 is 38.0 Å². The van der Waals surface area contributed by atoms with E-state index in [1.54, 1.807) is 6.20 Å². The third kappa shape index (κ3) is 3.68. The first kappa shape index (κ1) is 20.3. The molecule has 1 aliphatic carbocycles. The van der Waals surface area contributed by atoms with Gasteiger partial charge in [0.2, 0.25) is 0 Å². The lowest BCUT2D eigenvalue weighted by Gasteiger charge is -2.10. The minimum atomic E-state index is -1.12. The minimum Gasteiger partial charge on any atom is -0.396 e. The number of rotatable bonds is 7. The average molecular weight is 452 g/mol. The summed E-state index contributed by atoms with van der Waals surface area (Å²) < 4.78 is 15.8. The summed E-state index contributed by atoms with van der Waals surface area (Å²) in [5.74, 6) is 2.28. The fourth-order valence-electron chi connectivity index (χ4n) is 3.90. The number of hydrogen-bond donors (Lipinski definition) is 1. The number of unbranched alkanes of at least 4 members (excludes halogenated alkanes) is 1. The van der Waals surface area contributed by atoms with Gasteiger partial charge in [-0.2, -0.15) is 0 Å². The van der Waals surface area contributed by atoms with E-state index in [-0.39, 0.29) is 0 Å². The van der Waals surface area contributed by atoms with Crippen LogP contribution in [0.25, 0.3) is 32.7 Å². The van der Waals surface area contributed by atoms with Crippen LogP contribution in [0, 0.1) is 0 Å². The van der Waals surface area contributed by atoms with Crippen LogP contribution in [-0.4, -0.2) is 29.5 Å². The molecule has 1 saturated carbocycles. The molecule has 5 rings (SSSR count). The van der Waals surface area contributed by atoms with Crippen molar-refractivity contribution < 1.29 is 4.21 Å². The zero-order chi connectivity index (χ0) is 21.5. The molecule has 6 nitrogen and oxygen atoms in total. The van der Waals surface area contributed by atoms with Crippen LogP contribution in [0.2, 0.25) is 0 Å². The van der Waals surface area contributed by atoms with Crippen LogP contribution in [0.1, 0.15) is 44.3 Å². The highest BCUT2D eigenvalue weighted by atomic mass is 32.2. The molecule has 4 heterocycles. The second-order valence-corrected chi connectivity index (χ2v) is 10.8. The molecule has 0 unspecified atom stereocenters. The van der Waals surface area contributed by atoms with E-state index in [0.29, 0.717) is 17.4 Å². The third-order valence-corrected chi connectivity index (χ3v) is 8.75. The summed E-state index contributed by atoms with van der Waals surface area (Å²) in [4.78, 5) is 14.7. The van der Waals surface area contributed by atoms with Gasteiger partial charge in [-0.05, 0) is 37.5 Å². The minimum absolute atomic E-state index is 0.547. The number of nitrogens with zero attached hydrogens (tertiary/aromatic N) is 4. The van der Waals surface area contributed by atoms with Crippen molar-refractivity contribution in [3.05, 3.63) is 42.6 Å². The molecule has 0 saturated heterocycles. The summed E-state index contributed by atoms with van der Waals surface area (Å²) in [5, 5.41) is 0.878. The summed E-state index contributed by atoms with van der Waals surface area (Å²) in [6.45, 7) is 2.10. The fraction of sp³-hybridized carbons (Fsp3) is 0.348. The Morgan fingerprint density at radius 3 is 2.87 bits per heavy atom. The van der Waals surface area contributed by atoms with Crippen molar-refractivity contribution in [2.45, 2.75) is 42.7 Å². The SMILES string of the molecule is CCCC[S@@](=O)c1sc2nc(-c3cccnc3)cc(-c3cnc(C4CC4)n3C)c2c1N. The molecule has 8 heteroatoms. The number of hydrogen-bond acceptors (Lipinski definition) is 6. The molecule has 2 N–H and O–H groups in total. The highest BCUT2D eigenvalue weighted by molar-refractivity contribution is 7.87. The van der Waals surface area contributed by atoms with Crippen molar-refractivity contribution in [2.75, 3.05) is 11.5 Å². The Balaban J connectivity index is 1.73. The lowest BCUT2D eigenvalue weighted by molar-refractivity contribution is 0.681. The number of imidazole rings is 1. The van der Waals surface area contributed by atoms with E-state index in [1.165, 1.54) is 24.2 Å². The van der Waals surface area contributed by atoms with Crippen LogP contribution in [0.3, 0.4) is 0 Å². The number of thiophene rings is 1. The average Bonchev–Trinajstić information content (AvgIpc) is 3.48. The summed E-state index contributed by atoms with van der Waals surface area (Å²) in [5.41, 5.74) is 11.0. The molecule has 0 spiro atoms. The van der Waals surface area contributed by atoms with Crippen LogP contribution in [0.4, 0.5) is 5.69 Å². The Kier molecular flexibility index (Phi) is 5.35. The van der Waals surface area contributed by atoms with Crippen LogP contribution >= 0.6 is 11.3 Å². The molecular weight excluding hydrogens is 426 g/mol. The van der Waals surface area contributed by atoms with Crippen LogP contribution in [0.5, 0.6) is 0 Å². The molecule has 31 heavy (non-hydrogen) atoms. The van der Waals surface area contributed by atoms with Crippen molar-refractivity contribution in [2.24, 2.45) is 7.05 Å². The highest BCUT2D eigenvalue weighted by Crippen LogP contribution is 2.45. The number of aromatic nitrogens is 4. The molecule has 0 amide bonds. The van der Waals surface area contributed by atoms with E-state index in [4.69, 9.17) is 15.7 Å².